The Morgan fingerprint density at radius 2 is 1.89 bits per heavy atom. The predicted octanol–water partition coefficient (Wildman–Crippen LogP) is 1.31. The van der Waals surface area contributed by atoms with Gasteiger partial charge in [-0.3, -0.25) is 9.59 Å². The lowest BCUT2D eigenvalue weighted by Crippen LogP contribution is -2.39. The molecule has 1 saturated heterocycles. The lowest BCUT2D eigenvalue weighted by Gasteiger charge is -2.32. The highest BCUT2D eigenvalue weighted by atomic mass is 16.2. The number of hydrogen-bond donors (Lipinski definition) is 1. The third kappa shape index (κ3) is 5.51. The zero-order chi connectivity index (χ0) is 19.2. The maximum atomic E-state index is 12.5. The van der Waals surface area contributed by atoms with E-state index in [1.54, 1.807) is 10.9 Å². The number of nitrogens with zero attached hydrogens (tertiary/aromatic N) is 5. The number of aromatic nitrogens is 3. The van der Waals surface area contributed by atoms with Crippen molar-refractivity contribution in [3.05, 3.63) is 11.9 Å². The molecule has 0 spiro atoms. The first-order valence-electron chi connectivity index (χ1n) is 10.2. The van der Waals surface area contributed by atoms with E-state index in [1.165, 1.54) is 25.7 Å². The number of likely N-dealkylation sites (N-methyl/N-ethyl adjacent to an activating group) is 1. The summed E-state index contributed by atoms with van der Waals surface area (Å²) in [6.07, 6.45) is 9.13. The van der Waals surface area contributed by atoms with E-state index in [-0.39, 0.29) is 11.9 Å². The summed E-state index contributed by atoms with van der Waals surface area (Å²) in [5, 5.41) is 11.0. The minimum atomic E-state index is -0.188. The Morgan fingerprint density at radius 1 is 1.19 bits per heavy atom. The number of rotatable bonds is 7. The van der Waals surface area contributed by atoms with Gasteiger partial charge in [0, 0.05) is 32.6 Å². The molecule has 8 nitrogen and oxygen atoms in total. The summed E-state index contributed by atoms with van der Waals surface area (Å²) in [7, 11) is 3.93. The van der Waals surface area contributed by atoms with Crippen LogP contribution in [0, 0.1) is 5.92 Å². The van der Waals surface area contributed by atoms with Gasteiger partial charge >= 0.3 is 0 Å². The van der Waals surface area contributed by atoms with Crippen LogP contribution in [0.2, 0.25) is 0 Å². The van der Waals surface area contributed by atoms with Crippen LogP contribution in [0.15, 0.2) is 6.20 Å². The maximum Gasteiger partial charge on any atom is 0.273 e. The van der Waals surface area contributed by atoms with E-state index in [0.717, 1.165) is 32.5 Å². The van der Waals surface area contributed by atoms with E-state index >= 15 is 0 Å². The molecule has 0 atom stereocenters. The molecule has 0 radical (unpaired) electrons. The molecule has 1 aliphatic carbocycles. The van der Waals surface area contributed by atoms with Gasteiger partial charge in [0.2, 0.25) is 5.91 Å². The van der Waals surface area contributed by atoms with Crippen molar-refractivity contribution < 1.29 is 9.59 Å². The molecule has 1 aromatic rings. The summed E-state index contributed by atoms with van der Waals surface area (Å²) in [6.45, 7) is 2.90. The Hall–Kier alpha value is -1.96. The van der Waals surface area contributed by atoms with Crippen molar-refractivity contribution in [2.45, 2.75) is 51.0 Å². The van der Waals surface area contributed by atoms with Crippen molar-refractivity contribution in [1.82, 2.24) is 30.1 Å². The number of hydrogen-bond acceptors (Lipinski definition) is 5. The molecule has 1 saturated carbocycles. The highest BCUT2D eigenvalue weighted by Crippen LogP contribution is 2.29. The Kier molecular flexibility index (Phi) is 6.82. The molecule has 2 amide bonds. The highest BCUT2D eigenvalue weighted by Gasteiger charge is 2.27. The molecule has 2 heterocycles. The Balaban J connectivity index is 1.44. The second-order valence-electron chi connectivity index (χ2n) is 8.11. The highest BCUT2D eigenvalue weighted by molar-refractivity contribution is 5.91. The molecule has 1 aliphatic heterocycles. The second-order valence-corrected chi connectivity index (χ2v) is 8.11. The van der Waals surface area contributed by atoms with Crippen molar-refractivity contribution >= 4 is 11.8 Å². The summed E-state index contributed by atoms with van der Waals surface area (Å²) in [4.78, 5) is 28.6. The van der Waals surface area contributed by atoms with Gasteiger partial charge in [0.15, 0.2) is 5.69 Å². The first-order chi connectivity index (χ1) is 13.0. The smallest absolute Gasteiger partial charge is 0.273 e. The molecular formula is C19H32N6O2. The van der Waals surface area contributed by atoms with Crippen molar-refractivity contribution in [3.63, 3.8) is 0 Å². The van der Waals surface area contributed by atoms with E-state index in [9.17, 15) is 9.59 Å². The van der Waals surface area contributed by atoms with E-state index in [0.29, 0.717) is 30.5 Å². The number of amides is 2. The SMILES string of the molecule is CN(C)CCNC(=O)c1cn(C2CCN(C(=O)CC3CCCC3)CC2)nn1. The zero-order valence-corrected chi connectivity index (χ0v) is 16.6. The summed E-state index contributed by atoms with van der Waals surface area (Å²) < 4.78 is 1.79. The summed E-state index contributed by atoms with van der Waals surface area (Å²) in [5.74, 6) is 0.714. The Labute approximate surface area is 161 Å². The largest absolute Gasteiger partial charge is 0.349 e. The first kappa shape index (κ1) is 19.8. The van der Waals surface area contributed by atoms with Crippen LogP contribution in [0.1, 0.15) is 61.5 Å². The molecule has 8 heteroatoms. The lowest BCUT2D eigenvalue weighted by molar-refractivity contribution is -0.133. The molecule has 0 unspecified atom stereocenters. The van der Waals surface area contributed by atoms with E-state index in [4.69, 9.17) is 0 Å². The fourth-order valence-corrected chi connectivity index (χ4v) is 4.01. The van der Waals surface area contributed by atoms with Crippen LogP contribution in [-0.2, 0) is 4.79 Å². The third-order valence-corrected chi connectivity index (χ3v) is 5.72. The standard InChI is InChI=1S/C19H32N6O2/c1-23(2)12-9-20-19(27)17-14-25(22-21-17)16-7-10-24(11-8-16)18(26)13-15-5-3-4-6-15/h14-16H,3-13H2,1-2H3,(H,20,27). The molecule has 2 aliphatic rings. The minimum Gasteiger partial charge on any atom is -0.349 e. The molecule has 1 aromatic heterocycles. The minimum absolute atomic E-state index is 0.188. The fraction of sp³-hybridized carbons (Fsp3) is 0.789. The number of piperidine rings is 1. The molecule has 3 rings (SSSR count). The van der Waals surface area contributed by atoms with Gasteiger partial charge in [-0.1, -0.05) is 18.1 Å². The van der Waals surface area contributed by atoms with Gasteiger partial charge < -0.3 is 15.1 Å². The van der Waals surface area contributed by atoms with Crippen LogP contribution in [0.4, 0.5) is 0 Å². The van der Waals surface area contributed by atoms with E-state index < -0.39 is 0 Å². The molecule has 2 fully saturated rings. The average Bonchev–Trinajstić information content (AvgIpc) is 3.33. The van der Waals surface area contributed by atoms with Crippen molar-refractivity contribution in [2.24, 2.45) is 5.92 Å². The Morgan fingerprint density at radius 3 is 2.56 bits per heavy atom. The van der Waals surface area contributed by atoms with Crippen molar-refractivity contribution in [3.8, 4) is 0 Å². The van der Waals surface area contributed by atoms with Gasteiger partial charge in [0.05, 0.1) is 12.2 Å². The molecular weight excluding hydrogens is 344 g/mol. The molecule has 1 N–H and O–H groups in total. The Bertz CT molecular complexity index is 630. The van der Waals surface area contributed by atoms with Crippen LogP contribution in [0.25, 0.3) is 0 Å². The van der Waals surface area contributed by atoms with Gasteiger partial charge in [-0.2, -0.15) is 0 Å². The van der Waals surface area contributed by atoms with E-state index in [1.807, 2.05) is 23.9 Å². The van der Waals surface area contributed by atoms with Gasteiger partial charge in [-0.15, -0.1) is 5.10 Å². The van der Waals surface area contributed by atoms with Gasteiger partial charge in [-0.25, -0.2) is 4.68 Å². The van der Waals surface area contributed by atoms with Crippen molar-refractivity contribution in [2.75, 3.05) is 40.3 Å². The monoisotopic (exact) mass is 376 g/mol. The molecule has 27 heavy (non-hydrogen) atoms. The van der Waals surface area contributed by atoms with Crippen LogP contribution >= 0.6 is 0 Å². The number of carbonyl (C=O) groups is 2. The van der Waals surface area contributed by atoms with Gasteiger partial charge in [-0.05, 0) is 45.7 Å². The molecule has 0 aromatic carbocycles. The van der Waals surface area contributed by atoms with Crippen LogP contribution in [0.5, 0.6) is 0 Å². The number of carbonyl (C=O) groups excluding carboxylic acids is 2. The summed E-state index contributed by atoms with van der Waals surface area (Å²) in [6, 6.07) is 0.205. The van der Waals surface area contributed by atoms with Gasteiger partial charge in [0.1, 0.15) is 0 Å². The second kappa shape index (κ2) is 9.30. The lowest BCUT2D eigenvalue weighted by atomic mass is 10.0. The first-order valence-corrected chi connectivity index (χ1v) is 10.2. The van der Waals surface area contributed by atoms with Crippen molar-refractivity contribution in [1.29, 1.82) is 0 Å². The summed E-state index contributed by atoms with van der Waals surface area (Å²) >= 11 is 0. The fourth-order valence-electron chi connectivity index (χ4n) is 4.01. The maximum absolute atomic E-state index is 12.5. The van der Waals surface area contributed by atoms with E-state index in [2.05, 4.69) is 15.6 Å². The van der Waals surface area contributed by atoms with Crippen LogP contribution in [-0.4, -0.2) is 76.9 Å². The van der Waals surface area contributed by atoms with Crippen LogP contribution < -0.4 is 5.32 Å². The number of likely N-dealkylation sites (tertiary alicyclic amines) is 1. The normalized spacial score (nSPS) is 19.0. The third-order valence-electron chi connectivity index (χ3n) is 5.72. The van der Waals surface area contributed by atoms with Gasteiger partial charge in [0.25, 0.3) is 5.91 Å². The molecule has 150 valence electrons. The van der Waals surface area contributed by atoms with Crippen LogP contribution in [0.3, 0.4) is 0 Å². The number of nitrogens with one attached hydrogen (secondary N) is 1. The summed E-state index contributed by atoms with van der Waals surface area (Å²) in [5.41, 5.74) is 0.355. The topological polar surface area (TPSA) is 83.4 Å². The molecule has 0 bridgehead atoms. The quantitative estimate of drug-likeness (QED) is 0.776. The predicted molar refractivity (Wildman–Crippen MR) is 102 cm³/mol. The average molecular weight is 377 g/mol. The zero-order valence-electron chi connectivity index (χ0n) is 16.6.